The minimum Gasteiger partial charge on any atom is -0.507 e. The summed E-state index contributed by atoms with van der Waals surface area (Å²) in [6, 6.07) is 9.07. The Morgan fingerprint density at radius 1 is 1.09 bits per heavy atom. The van der Waals surface area contributed by atoms with Gasteiger partial charge in [-0.2, -0.15) is 0 Å². The predicted octanol–water partition coefficient (Wildman–Crippen LogP) is 3.25. The van der Waals surface area contributed by atoms with Crippen molar-refractivity contribution in [3.63, 3.8) is 0 Å². The summed E-state index contributed by atoms with van der Waals surface area (Å²) in [5.74, 6) is -1.30. The number of thioether (sulfide) groups is 1. The third-order valence-electron chi connectivity index (χ3n) is 4.49. The molecule has 1 aromatic heterocycles. The van der Waals surface area contributed by atoms with Crippen LogP contribution in [0.15, 0.2) is 46.0 Å². The topological polar surface area (TPSA) is 133 Å². The Balaban J connectivity index is 1.76. The Morgan fingerprint density at radius 2 is 1.82 bits per heavy atom. The summed E-state index contributed by atoms with van der Waals surface area (Å²) in [6.45, 7) is 0. The van der Waals surface area contributed by atoms with Crippen LogP contribution in [0.5, 0.6) is 5.75 Å². The molecule has 12 heteroatoms. The van der Waals surface area contributed by atoms with E-state index in [0.717, 1.165) is 16.2 Å². The highest BCUT2D eigenvalue weighted by atomic mass is 79.9. The number of aromatic nitrogens is 3. The number of ether oxygens (including phenoxy) is 2. The second kappa shape index (κ2) is 10.5. The summed E-state index contributed by atoms with van der Waals surface area (Å²) < 4.78 is 11.8. The lowest BCUT2D eigenvalue weighted by molar-refractivity contribution is -0.113. The van der Waals surface area contributed by atoms with Gasteiger partial charge >= 0.3 is 11.9 Å². The first-order chi connectivity index (χ1) is 15.7. The van der Waals surface area contributed by atoms with Crippen LogP contribution in [-0.2, 0) is 21.3 Å². The summed E-state index contributed by atoms with van der Waals surface area (Å²) in [4.78, 5) is 36.4. The number of aromatic hydroxyl groups is 1. The molecule has 0 aliphatic heterocycles. The van der Waals surface area contributed by atoms with E-state index in [1.165, 1.54) is 38.5 Å². The smallest absolute Gasteiger partial charge is 0.339 e. The summed E-state index contributed by atoms with van der Waals surface area (Å²) in [5, 5.41) is 21.4. The molecule has 1 heterocycles. The van der Waals surface area contributed by atoms with E-state index in [-0.39, 0.29) is 28.3 Å². The van der Waals surface area contributed by atoms with Crippen LogP contribution in [0.3, 0.4) is 0 Å². The second-order valence-electron chi connectivity index (χ2n) is 6.61. The van der Waals surface area contributed by atoms with Crippen molar-refractivity contribution in [1.29, 1.82) is 0 Å². The van der Waals surface area contributed by atoms with Gasteiger partial charge in [-0.05, 0) is 36.4 Å². The number of carbonyl (C=O) groups is 3. The number of phenols is 1. The first kappa shape index (κ1) is 24.3. The van der Waals surface area contributed by atoms with Crippen molar-refractivity contribution in [3.05, 3.63) is 52.0 Å². The zero-order chi connectivity index (χ0) is 24.1. The molecule has 0 bridgehead atoms. The maximum Gasteiger partial charge on any atom is 0.339 e. The number of amides is 1. The van der Waals surface area contributed by atoms with Crippen LogP contribution in [0.4, 0.5) is 5.69 Å². The van der Waals surface area contributed by atoms with Gasteiger partial charge in [0.1, 0.15) is 5.75 Å². The molecule has 0 atom stereocenters. The van der Waals surface area contributed by atoms with Gasteiger partial charge in [0.05, 0.1) is 42.4 Å². The normalized spacial score (nSPS) is 10.5. The highest BCUT2D eigenvalue weighted by Gasteiger charge is 2.19. The minimum absolute atomic E-state index is 0.0452. The number of carbonyl (C=O) groups excluding carboxylic acids is 3. The fraction of sp³-hybridized carbons (Fsp3) is 0.190. The largest absolute Gasteiger partial charge is 0.507 e. The van der Waals surface area contributed by atoms with Gasteiger partial charge in [-0.3, -0.25) is 4.79 Å². The number of hydrogen-bond donors (Lipinski definition) is 2. The highest BCUT2D eigenvalue weighted by molar-refractivity contribution is 9.10. The van der Waals surface area contributed by atoms with Crippen molar-refractivity contribution in [2.75, 3.05) is 25.3 Å². The third-order valence-corrected chi connectivity index (χ3v) is 6.00. The van der Waals surface area contributed by atoms with Crippen LogP contribution in [0, 0.1) is 0 Å². The number of halogens is 1. The van der Waals surface area contributed by atoms with Crippen molar-refractivity contribution in [2.45, 2.75) is 5.16 Å². The fourth-order valence-corrected chi connectivity index (χ4v) is 3.93. The first-order valence-electron chi connectivity index (χ1n) is 9.36. The number of benzene rings is 2. The molecule has 0 saturated carbocycles. The van der Waals surface area contributed by atoms with E-state index in [2.05, 4.69) is 36.2 Å². The monoisotopic (exact) mass is 534 g/mol. The molecule has 0 unspecified atom stereocenters. The van der Waals surface area contributed by atoms with Crippen molar-refractivity contribution < 1.29 is 29.0 Å². The Kier molecular flexibility index (Phi) is 7.71. The molecule has 0 spiro atoms. The lowest BCUT2D eigenvalue weighted by Crippen LogP contribution is -2.18. The van der Waals surface area contributed by atoms with E-state index < -0.39 is 17.8 Å². The van der Waals surface area contributed by atoms with Crippen LogP contribution >= 0.6 is 27.7 Å². The number of nitrogens with zero attached hydrogens (tertiary/aromatic N) is 3. The maximum atomic E-state index is 12.6. The molecule has 0 radical (unpaired) electrons. The molecule has 172 valence electrons. The molecule has 0 saturated heterocycles. The molecular weight excluding hydrogens is 516 g/mol. The molecule has 0 fully saturated rings. The Bertz CT molecular complexity index is 1230. The van der Waals surface area contributed by atoms with Gasteiger partial charge in [-0.25, -0.2) is 9.59 Å². The van der Waals surface area contributed by atoms with Crippen LogP contribution in [0.2, 0.25) is 0 Å². The van der Waals surface area contributed by atoms with E-state index in [1.54, 1.807) is 23.7 Å². The van der Waals surface area contributed by atoms with Crippen molar-refractivity contribution in [3.8, 4) is 17.1 Å². The van der Waals surface area contributed by atoms with Crippen molar-refractivity contribution in [1.82, 2.24) is 14.8 Å². The molecule has 2 aromatic carbocycles. The Hall–Kier alpha value is -3.38. The van der Waals surface area contributed by atoms with Gasteiger partial charge in [-0.1, -0.05) is 27.7 Å². The number of anilines is 1. The summed E-state index contributed by atoms with van der Waals surface area (Å²) in [5.41, 5.74) is 0.862. The summed E-state index contributed by atoms with van der Waals surface area (Å²) >= 11 is 4.47. The highest BCUT2D eigenvalue weighted by Crippen LogP contribution is 2.32. The number of rotatable bonds is 7. The molecule has 1 amide bonds. The lowest BCUT2D eigenvalue weighted by Gasteiger charge is -2.11. The van der Waals surface area contributed by atoms with Gasteiger partial charge in [0, 0.05) is 11.5 Å². The summed E-state index contributed by atoms with van der Waals surface area (Å²) in [6.07, 6.45) is 0. The zero-order valence-corrected chi connectivity index (χ0v) is 20.2. The minimum atomic E-state index is -0.666. The molecule has 0 aliphatic carbocycles. The van der Waals surface area contributed by atoms with Crippen LogP contribution in [0.1, 0.15) is 20.7 Å². The fourth-order valence-electron chi connectivity index (χ4n) is 2.86. The van der Waals surface area contributed by atoms with Gasteiger partial charge in [0.2, 0.25) is 5.91 Å². The van der Waals surface area contributed by atoms with Gasteiger partial charge in [-0.15, -0.1) is 10.2 Å². The van der Waals surface area contributed by atoms with E-state index in [4.69, 9.17) is 4.74 Å². The molecular formula is C21H19BrN4O6S. The Morgan fingerprint density at radius 3 is 2.52 bits per heavy atom. The standard InChI is InChI=1S/C21H19BrN4O6S/c1-26-18(14-9-12(22)5-7-16(14)27)24-25-21(26)33-10-17(28)23-15-8-11(19(29)31-2)4-6-13(15)20(30)32-3/h4-9,27H,10H2,1-3H3,(H,23,28). The second-order valence-corrected chi connectivity index (χ2v) is 8.47. The average Bonchev–Trinajstić information content (AvgIpc) is 3.18. The predicted molar refractivity (Wildman–Crippen MR) is 124 cm³/mol. The number of esters is 2. The van der Waals surface area contributed by atoms with E-state index in [9.17, 15) is 19.5 Å². The average molecular weight is 535 g/mol. The number of phenolic OH excluding ortho intramolecular Hbond substituents is 1. The maximum absolute atomic E-state index is 12.6. The number of hydrogen-bond acceptors (Lipinski definition) is 9. The third kappa shape index (κ3) is 5.52. The van der Waals surface area contributed by atoms with E-state index >= 15 is 0 Å². The number of methoxy groups -OCH3 is 2. The molecule has 0 aliphatic rings. The lowest BCUT2D eigenvalue weighted by atomic mass is 10.1. The SMILES string of the molecule is COC(=O)c1ccc(C(=O)OC)c(NC(=O)CSc2nnc(-c3cc(Br)ccc3O)n2C)c1. The molecule has 33 heavy (non-hydrogen) atoms. The Labute approximate surface area is 201 Å². The molecule has 2 N–H and O–H groups in total. The van der Waals surface area contributed by atoms with Crippen LogP contribution < -0.4 is 5.32 Å². The van der Waals surface area contributed by atoms with Crippen LogP contribution in [0.25, 0.3) is 11.4 Å². The first-order valence-corrected chi connectivity index (χ1v) is 11.1. The van der Waals surface area contributed by atoms with Gasteiger partial charge in [0.15, 0.2) is 11.0 Å². The van der Waals surface area contributed by atoms with Crippen LogP contribution in [-0.4, -0.2) is 57.7 Å². The number of nitrogens with one attached hydrogen (secondary N) is 1. The molecule has 3 rings (SSSR count). The van der Waals surface area contributed by atoms with Crippen molar-refractivity contribution in [2.24, 2.45) is 7.05 Å². The van der Waals surface area contributed by atoms with Gasteiger partial charge in [0.25, 0.3) is 0 Å². The van der Waals surface area contributed by atoms with E-state index in [1.807, 2.05) is 0 Å². The molecule has 10 nitrogen and oxygen atoms in total. The van der Waals surface area contributed by atoms with E-state index in [0.29, 0.717) is 16.5 Å². The summed E-state index contributed by atoms with van der Waals surface area (Å²) in [7, 11) is 4.16. The molecule has 3 aromatic rings. The quantitative estimate of drug-likeness (QED) is 0.346. The zero-order valence-electron chi connectivity index (χ0n) is 17.8. The van der Waals surface area contributed by atoms with Crippen molar-refractivity contribution >= 4 is 51.2 Å². The van der Waals surface area contributed by atoms with Gasteiger partial charge < -0.3 is 24.5 Å².